The standard InChI is InChI=1S/C18H25N5OS/c1-10-16(25-18(21-10)13-8-20-23(2)9-13)17(24)22-15-11-4-3-5-12(15)7-14(19)6-11/h8-9,11-12,14-15H,3-7,19H2,1-2H3,(H,22,24). The zero-order valence-corrected chi connectivity index (χ0v) is 15.6. The Kier molecular flexibility index (Phi) is 4.37. The van der Waals surface area contributed by atoms with Gasteiger partial charge < -0.3 is 11.1 Å². The van der Waals surface area contributed by atoms with Crippen LogP contribution in [0.25, 0.3) is 10.6 Å². The Hall–Kier alpha value is -1.73. The van der Waals surface area contributed by atoms with Crippen LogP contribution in [-0.4, -0.2) is 32.8 Å². The molecule has 0 aliphatic heterocycles. The van der Waals surface area contributed by atoms with E-state index in [-0.39, 0.29) is 11.9 Å². The Morgan fingerprint density at radius 3 is 2.72 bits per heavy atom. The second kappa shape index (κ2) is 6.53. The van der Waals surface area contributed by atoms with Gasteiger partial charge in [-0.2, -0.15) is 5.10 Å². The molecular formula is C18H25N5OS. The van der Waals surface area contributed by atoms with Gasteiger partial charge in [-0.1, -0.05) is 6.42 Å². The van der Waals surface area contributed by atoms with Gasteiger partial charge in [0, 0.05) is 30.9 Å². The number of aromatic nitrogens is 3. The third-order valence-electron chi connectivity index (χ3n) is 5.63. The van der Waals surface area contributed by atoms with Crippen LogP contribution < -0.4 is 11.1 Å². The maximum Gasteiger partial charge on any atom is 0.263 e. The van der Waals surface area contributed by atoms with Crippen molar-refractivity contribution in [2.24, 2.45) is 24.6 Å². The summed E-state index contributed by atoms with van der Waals surface area (Å²) in [5, 5.41) is 8.36. The van der Waals surface area contributed by atoms with Crippen molar-refractivity contribution in [3.8, 4) is 10.6 Å². The van der Waals surface area contributed by atoms with Crippen LogP contribution in [-0.2, 0) is 7.05 Å². The Morgan fingerprint density at radius 2 is 2.08 bits per heavy atom. The van der Waals surface area contributed by atoms with E-state index in [4.69, 9.17) is 5.73 Å². The van der Waals surface area contributed by atoms with E-state index in [0.717, 1.165) is 29.1 Å². The number of carbonyl (C=O) groups is 1. The molecule has 7 heteroatoms. The maximum atomic E-state index is 12.9. The zero-order chi connectivity index (χ0) is 17.6. The Bertz CT molecular complexity index is 768. The number of nitrogens with two attached hydrogens (primary N) is 1. The lowest BCUT2D eigenvalue weighted by Crippen LogP contribution is -2.53. The number of hydrogen-bond acceptors (Lipinski definition) is 5. The molecule has 1 amide bonds. The van der Waals surface area contributed by atoms with E-state index in [0.29, 0.717) is 22.8 Å². The fourth-order valence-electron chi connectivity index (χ4n) is 4.50. The van der Waals surface area contributed by atoms with E-state index >= 15 is 0 Å². The third-order valence-corrected chi connectivity index (χ3v) is 6.83. The summed E-state index contributed by atoms with van der Waals surface area (Å²) >= 11 is 1.45. The summed E-state index contributed by atoms with van der Waals surface area (Å²) in [5.41, 5.74) is 7.94. The Morgan fingerprint density at radius 1 is 1.36 bits per heavy atom. The highest BCUT2D eigenvalue weighted by atomic mass is 32.1. The molecule has 2 aromatic heterocycles. The van der Waals surface area contributed by atoms with Gasteiger partial charge in [0.25, 0.3) is 5.91 Å². The molecule has 0 aromatic carbocycles. The van der Waals surface area contributed by atoms with E-state index in [1.165, 1.54) is 30.6 Å². The van der Waals surface area contributed by atoms with E-state index in [2.05, 4.69) is 15.4 Å². The number of fused-ring (bicyclic) bond motifs is 2. The highest BCUT2D eigenvalue weighted by molar-refractivity contribution is 7.17. The molecule has 2 aliphatic rings. The number of carbonyl (C=O) groups excluding carboxylic acids is 1. The fraction of sp³-hybridized carbons (Fsp3) is 0.611. The Labute approximate surface area is 151 Å². The molecule has 2 aromatic rings. The van der Waals surface area contributed by atoms with E-state index in [1.807, 2.05) is 20.2 Å². The average Bonchev–Trinajstić information content (AvgIpc) is 3.14. The average molecular weight is 359 g/mol. The molecule has 2 atom stereocenters. The van der Waals surface area contributed by atoms with Gasteiger partial charge in [0.1, 0.15) is 9.88 Å². The lowest BCUT2D eigenvalue weighted by atomic mass is 9.67. The van der Waals surface area contributed by atoms with Crippen LogP contribution in [0.15, 0.2) is 12.4 Å². The highest BCUT2D eigenvalue weighted by Gasteiger charge is 2.40. The number of nitrogens with zero attached hydrogens (tertiary/aromatic N) is 3. The quantitative estimate of drug-likeness (QED) is 0.881. The number of hydrogen-bond donors (Lipinski definition) is 2. The summed E-state index contributed by atoms with van der Waals surface area (Å²) in [7, 11) is 1.88. The molecule has 3 N–H and O–H groups in total. The van der Waals surface area contributed by atoms with Gasteiger partial charge in [-0.25, -0.2) is 4.98 Å². The van der Waals surface area contributed by atoms with Crippen molar-refractivity contribution in [1.82, 2.24) is 20.1 Å². The van der Waals surface area contributed by atoms with E-state index in [9.17, 15) is 4.79 Å². The summed E-state index contributed by atoms with van der Waals surface area (Å²) in [4.78, 5) is 18.2. The summed E-state index contributed by atoms with van der Waals surface area (Å²) in [6.07, 6.45) is 9.39. The van der Waals surface area contributed by atoms with Crippen LogP contribution in [0.5, 0.6) is 0 Å². The second-order valence-corrected chi connectivity index (χ2v) is 8.52. The third kappa shape index (κ3) is 3.22. The van der Waals surface area contributed by atoms with Crippen LogP contribution in [0.3, 0.4) is 0 Å². The lowest BCUT2D eigenvalue weighted by molar-refractivity contribution is 0.0759. The first-order valence-electron chi connectivity index (χ1n) is 9.04. The van der Waals surface area contributed by atoms with Crippen molar-refractivity contribution in [3.05, 3.63) is 23.0 Å². The van der Waals surface area contributed by atoms with Crippen LogP contribution in [0.2, 0.25) is 0 Å². The van der Waals surface area contributed by atoms with Crippen LogP contribution in [0, 0.1) is 18.8 Å². The molecule has 134 valence electrons. The van der Waals surface area contributed by atoms with E-state index < -0.39 is 0 Å². The van der Waals surface area contributed by atoms with Gasteiger partial charge >= 0.3 is 0 Å². The minimum absolute atomic E-state index is 0.0162. The summed E-state index contributed by atoms with van der Waals surface area (Å²) in [5.74, 6) is 1.07. The molecule has 25 heavy (non-hydrogen) atoms. The first-order chi connectivity index (χ1) is 12.0. The molecule has 0 spiro atoms. The van der Waals surface area contributed by atoms with Gasteiger partial charge in [-0.15, -0.1) is 11.3 Å². The molecule has 2 heterocycles. The van der Waals surface area contributed by atoms with Crippen molar-refractivity contribution in [1.29, 1.82) is 0 Å². The predicted octanol–water partition coefficient (Wildman–Crippen LogP) is 2.49. The molecule has 2 fully saturated rings. The Balaban J connectivity index is 1.52. The van der Waals surface area contributed by atoms with Crippen LogP contribution >= 0.6 is 11.3 Å². The molecule has 6 nitrogen and oxygen atoms in total. The fourth-order valence-corrected chi connectivity index (χ4v) is 5.45. The minimum atomic E-state index is 0.0162. The molecule has 2 bridgehead atoms. The molecule has 0 saturated heterocycles. The SMILES string of the molecule is Cc1nc(-c2cnn(C)c2)sc1C(=O)NC1C2CCCC1CC(N)C2. The van der Waals surface area contributed by atoms with Crippen LogP contribution in [0.4, 0.5) is 0 Å². The molecule has 2 saturated carbocycles. The highest BCUT2D eigenvalue weighted by Crippen LogP contribution is 2.40. The summed E-state index contributed by atoms with van der Waals surface area (Å²) in [6, 6.07) is 0.565. The first kappa shape index (κ1) is 16.7. The lowest BCUT2D eigenvalue weighted by Gasteiger charge is -2.45. The molecule has 2 unspecified atom stereocenters. The predicted molar refractivity (Wildman–Crippen MR) is 98.3 cm³/mol. The van der Waals surface area contributed by atoms with Crippen molar-refractivity contribution in [2.45, 2.75) is 51.1 Å². The molecular weight excluding hydrogens is 334 g/mol. The maximum absolute atomic E-state index is 12.9. The van der Waals surface area contributed by atoms with Crippen molar-refractivity contribution in [3.63, 3.8) is 0 Å². The number of rotatable bonds is 3. The van der Waals surface area contributed by atoms with Gasteiger partial charge in [0.15, 0.2) is 0 Å². The van der Waals surface area contributed by atoms with E-state index in [1.54, 1.807) is 10.9 Å². The zero-order valence-electron chi connectivity index (χ0n) is 14.7. The van der Waals surface area contributed by atoms with Gasteiger partial charge in [0.2, 0.25) is 0 Å². The molecule has 2 aliphatic carbocycles. The van der Waals surface area contributed by atoms with Crippen molar-refractivity contribution >= 4 is 17.2 Å². The largest absolute Gasteiger partial charge is 0.348 e. The normalized spacial score (nSPS) is 28.8. The van der Waals surface area contributed by atoms with Crippen LogP contribution in [0.1, 0.15) is 47.5 Å². The van der Waals surface area contributed by atoms with Gasteiger partial charge in [-0.3, -0.25) is 9.48 Å². The van der Waals surface area contributed by atoms with Crippen molar-refractivity contribution < 1.29 is 4.79 Å². The second-order valence-electron chi connectivity index (χ2n) is 7.52. The summed E-state index contributed by atoms with van der Waals surface area (Å²) in [6.45, 7) is 1.91. The summed E-state index contributed by atoms with van der Waals surface area (Å²) < 4.78 is 1.75. The topological polar surface area (TPSA) is 85.8 Å². The van der Waals surface area contributed by atoms with Gasteiger partial charge in [0.05, 0.1) is 11.9 Å². The first-order valence-corrected chi connectivity index (χ1v) is 9.86. The van der Waals surface area contributed by atoms with Crippen molar-refractivity contribution in [2.75, 3.05) is 0 Å². The molecule has 0 radical (unpaired) electrons. The smallest absolute Gasteiger partial charge is 0.263 e. The van der Waals surface area contributed by atoms with Gasteiger partial charge in [-0.05, 0) is 44.4 Å². The monoisotopic (exact) mass is 359 g/mol. The number of thiazole rings is 1. The number of nitrogens with one attached hydrogen (secondary N) is 1. The molecule has 4 rings (SSSR count). The number of aryl methyl sites for hydroxylation is 2. The minimum Gasteiger partial charge on any atom is -0.348 e. The number of amides is 1.